The van der Waals surface area contributed by atoms with Crippen molar-refractivity contribution in [3.05, 3.63) is 12.2 Å². The minimum absolute atomic E-state index is 0.230. The lowest BCUT2D eigenvalue weighted by atomic mass is 10.2. The molecule has 0 aromatic heterocycles. The molecule has 0 aliphatic heterocycles. The van der Waals surface area contributed by atoms with Crippen LogP contribution >= 0.6 is 0 Å². The van der Waals surface area contributed by atoms with Crippen LogP contribution in [0.25, 0.3) is 0 Å². The fourth-order valence-electron chi connectivity index (χ4n) is 0.769. The molecule has 0 rings (SSSR count). The van der Waals surface area contributed by atoms with Gasteiger partial charge in [0.25, 0.3) is 0 Å². The Morgan fingerprint density at radius 1 is 1.27 bits per heavy atom. The van der Waals surface area contributed by atoms with E-state index >= 15 is 0 Å². The minimum atomic E-state index is -0.896. The number of carbonyl (C=O) groups excluding carboxylic acids is 3. The normalized spacial score (nSPS) is 9.20. The summed E-state index contributed by atoms with van der Waals surface area (Å²) in [5.74, 6) is -2.27. The van der Waals surface area contributed by atoms with Crippen LogP contribution in [0.4, 0.5) is 0 Å². The molecule has 0 aromatic rings. The van der Waals surface area contributed by atoms with Crippen LogP contribution in [0.5, 0.6) is 0 Å². The number of rotatable bonds is 5. The molecule has 0 fully saturated rings. The van der Waals surface area contributed by atoms with E-state index < -0.39 is 24.5 Å². The van der Waals surface area contributed by atoms with Gasteiger partial charge in [0, 0.05) is 12.5 Å². The lowest BCUT2D eigenvalue weighted by molar-refractivity contribution is -0.164. The Balaban J connectivity index is 3.91. The third kappa shape index (κ3) is 6.42. The smallest absolute Gasteiger partial charge is 0.352 e. The molecule has 0 aliphatic rings. The van der Waals surface area contributed by atoms with Gasteiger partial charge in [0.05, 0.1) is 0 Å². The fraction of sp³-hybridized carbons (Fsp3) is 0.500. The van der Waals surface area contributed by atoms with Gasteiger partial charge in [-0.3, -0.25) is 4.79 Å². The standard InChI is InChI=1S/C10H14O5/c1-4-5-7(2)10(13)15-9(12)6-14-8(3)11/h2,4-6H2,1,3H3. The van der Waals surface area contributed by atoms with Gasteiger partial charge in [-0.2, -0.15) is 0 Å². The number of ether oxygens (including phenoxy) is 2. The van der Waals surface area contributed by atoms with E-state index in [9.17, 15) is 14.4 Å². The number of esters is 3. The van der Waals surface area contributed by atoms with Crippen molar-refractivity contribution in [2.24, 2.45) is 0 Å². The molecule has 0 spiro atoms. The summed E-state index contributed by atoms with van der Waals surface area (Å²) in [6.07, 6.45) is 1.21. The van der Waals surface area contributed by atoms with Crippen molar-refractivity contribution in [1.29, 1.82) is 0 Å². The van der Waals surface area contributed by atoms with Crippen LogP contribution in [0.1, 0.15) is 26.7 Å². The summed E-state index contributed by atoms with van der Waals surface area (Å²) >= 11 is 0. The van der Waals surface area contributed by atoms with Gasteiger partial charge in [-0.05, 0) is 6.42 Å². The van der Waals surface area contributed by atoms with Crippen LogP contribution in [0.15, 0.2) is 12.2 Å². The lowest BCUT2D eigenvalue weighted by Gasteiger charge is -2.04. The Labute approximate surface area is 88.0 Å². The molecule has 0 saturated heterocycles. The minimum Gasteiger partial charge on any atom is -0.454 e. The summed E-state index contributed by atoms with van der Waals surface area (Å²) in [4.78, 5) is 32.3. The molecule has 0 radical (unpaired) electrons. The zero-order valence-electron chi connectivity index (χ0n) is 8.87. The molecular formula is C10H14O5. The summed E-state index contributed by atoms with van der Waals surface area (Å²) in [5, 5.41) is 0. The van der Waals surface area contributed by atoms with E-state index in [1.807, 2.05) is 6.92 Å². The van der Waals surface area contributed by atoms with Crippen LogP contribution in [-0.2, 0) is 23.9 Å². The van der Waals surface area contributed by atoms with Gasteiger partial charge in [0.15, 0.2) is 6.61 Å². The Kier molecular flexibility index (Phi) is 6.01. The van der Waals surface area contributed by atoms with E-state index in [1.54, 1.807) is 0 Å². The summed E-state index contributed by atoms with van der Waals surface area (Å²) in [5.41, 5.74) is 0.230. The van der Waals surface area contributed by atoms with E-state index in [4.69, 9.17) is 0 Å². The molecule has 15 heavy (non-hydrogen) atoms. The third-order valence-corrected chi connectivity index (χ3v) is 1.44. The highest BCUT2D eigenvalue weighted by atomic mass is 16.6. The van der Waals surface area contributed by atoms with Gasteiger partial charge < -0.3 is 9.47 Å². The maximum atomic E-state index is 11.1. The van der Waals surface area contributed by atoms with Crippen LogP contribution in [0, 0.1) is 0 Å². The van der Waals surface area contributed by atoms with Crippen LogP contribution in [-0.4, -0.2) is 24.5 Å². The number of carbonyl (C=O) groups is 3. The predicted octanol–water partition coefficient (Wildman–Crippen LogP) is 0.976. The molecule has 0 heterocycles. The Morgan fingerprint density at radius 2 is 1.87 bits per heavy atom. The average Bonchev–Trinajstić information content (AvgIpc) is 2.15. The zero-order valence-corrected chi connectivity index (χ0v) is 8.87. The molecule has 0 saturated carbocycles. The van der Waals surface area contributed by atoms with Crippen molar-refractivity contribution in [3.8, 4) is 0 Å². The molecule has 5 heteroatoms. The van der Waals surface area contributed by atoms with Crippen LogP contribution in [0.3, 0.4) is 0 Å². The molecule has 0 aromatic carbocycles. The second kappa shape index (κ2) is 6.75. The van der Waals surface area contributed by atoms with Crippen molar-refractivity contribution in [1.82, 2.24) is 0 Å². The molecule has 5 nitrogen and oxygen atoms in total. The van der Waals surface area contributed by atoms with Crippen molar-refractivity contribution in [2.75, 3.05) is 6.61 Å². The summed E-state index contributed by atoms with van der Waals surface area (Å²) in [6.45, 7) is 5.94. The number of hydrogen-bond donors (Lipinski definition) is 0. The first-order valence-corrected chi connectivity index (χ1v) is 4.53. The van der Waals surface area contributed by atoms with Gasteiger partial charge >= 0.3 is 17.9 Å². The van der Waals surface area contributed by atoms with Crippen LogP contribution in [0.2, 0.25) is 0 Å². The zero-order chi connectivity index (χ0) is 11.8. The SMILES string of the molecule is C=C(CCC)C(=O)OC(=O)COC(C)=O. The van der Waals surface area contributed by atoms with E-state index in [0.717, 1.165) is 13.3 Å². The molecule has 0 atom stereocenters. The summed E-state index contributed by atoms with van der Waals surface area (Å²) in [7, 11) is 0. The van der Waals surface area contributed by atoms with Crippen LogP contribution < -0.4 is 0 Å². The van der Waals surface area contributed by atoms with E-state index in [-0.39, 0.29) is 5.57 Å². The molecule has 0 aliphatic carbocycles. The van der Waals surface area contributed by atoms with Gasteiger partial charge in [0.2, 0.25) is 0 Å². The maximum absolute atomic E-state index is 11.1. The monoisotopic (exact) mass is 214 g/mol. The Bertz CT molecular complexity index is 280. The van der Waals surface area contributed by atoms with Crippen molar-refractivity contribution in [2.45, 2.75) is 26.7 Å². The topological polar surface area (TPSA) is 69.7 Å². The first-order valence-electron chi connectivity index (χ1n) is 4.53. The van der Waals surface area contributed by atoms with Gasteiger partial charge in [-0.15, -0.1) is 0 Å². The van der Waals surface area contributed by atoms with Crippen molar-refractivity contribution >= 4 is 17.9 Å². The van der Waals surface area contributed by atoms with Gasteiger partial charge in [-0.25, -0.2) is 9.59 Å². The van der Waals surface area contributed by atoms with Crippen molar-refractivity contribution < 1.29 is 23.9 Å². The maximum Gasteiger partial charge on any atom is 0.352 e. The fourth-order valence-corrected chi connectivity index (χ4v) is 0.769. The second-order valence-electron chi connectivity index (χ2n) is 2.90. The van der Waals surface area contributed by atoms with E-state index in [1.165, 1.54) is 0 Å². The molecule has 0 N–H and O–H groups in total. The highest BCUT2D eigenvalue weighted by molar-refractivity contribution is 5.96. The lowest BCUT2D eigenvalue weighted by Crippen LogP contribution is -2.19. The first-order chi connectivity index (χ1) is 6.97. The average molecular weight is 214 g/mol. The highest BCUT2D eigenvalue weighted by Gasteiger charge is 2.14. The third-order valence-electron chi connectivity index (χ3n) is 1.44. The van der Waals surface area contributed by atoms with E-state index in [0.29, 0.717) is 6.42 Å². The van der Waals surface area contributed by atoms with Crippen molar-refractivity contribution in [3.63, 3.8) is 0 Å². The number of hydrogen-bond acceptors (Lipinski definition) is 5. The Morgan fingerprint density at radius 3 is 2.33 bits per heavy atom. The Hall–Kier alpha value is -1.65. The second-order valence-corrected chi connectivity index (χ2v) is 2.90. The molecular weight excluding hydrogens is 200 g/mol. The van der Waals surface area contributed by atoms with E-state index in [2.05, 4.69) is 16.1 Å². The van der Waals surface area contributed by atoms with Gasteiger partial charge in [-0.1, -0.05) is 19.9 Å². The molecule has 84 valence electrons. The quantitative estimate of drug-likeness (QED) is 0.387. The summed E-state index contributed by atoms with van der Waals surface area (Å²) in [6, 6.07) is 0. The molecule has 0 bridgehead atoms. The summed E-state index contributed by atoms with van der Waals surface area (Å²) < 4.78 is 8.71. The predicted molar refractivity (Wildman–Crippen MR) is 51.8 cm³/mol. The van der Waals surface area contributed by atoms with Gasteiger partial charge in [0.1, 0.15) is 0 Å². The molecule has 0 unspecified atom stereocenters. The largest absolute Gasteiger partial charge is 0.454 e. The highest BCUT2D eigenvalue weighted by Crippen LogP contribution is 2.04. The first kappa shape index (κ1) is 13.4. The molecule has 0 amide bonds.